The topological polar surface area (TPSA) is 96.4 Å². The van der Waals surface area contributed by atoms with Gasteiger partial charge in [-0.3, -0.25) is 9.78 Å². The molecule has 5 rings (SSSR count). The first-order chi connectivity index (χ1) is 17.0. The summed E-state index contributed by atoms with van der Waals surface area (Å²) in [5.41, 5.74) is 1.50. The largest absolute Gasteiger partial charge is 0.335 e. The highest BCUT2D eigenvalue weighted by molar-refractivity contribution is 7.89. The van der Waals surface area contributed by atoms with Crippen molar-refractivity contribution in [3.05, 3.63) is 85.5 Å². The maximum absolute atomic E-state index is 14.0. The number of fused-ring (bicyclic) bond motifs is 2. The van der Waals surface area contributed by atoms with Gasteiger partial charge in [-0.2, -0.15) is 4.31 Å². The van der Waals surface area contributed by atoms with Gasteiger partial charge in [-0.15, -0.1) is 6.58 Å². The van der Waals surface area contributed by atoms with E-state index in [9.17, 15) is 13.2 Å². The van der Waals surface area contributed by atoms with Crippen LogP contribution >= 0.6 is 0 Å². The van der Waals surface area contributed by atoms with E-state index in [1.54, 1.807) is 59.9 Å². The predicted octanol–water partition coefficient (Wildman–Crippen LogP) is 3.30. The first-order valence-electron chi connectivity index (χ1n) is 11.7. The quantitative estimate of drug-likeness (QED) is 0.493. The molecule has 180 valence electrons. The molecule has 2 bridgehead atoms. The maximum atomic E-state index is 14.0. The summed E-state index contributed by atoms with van der Waals surface area (Å²) >= 11 is 0. The number of carbonyl (C=O) groups excluding carboxylic acids is 1. The van der Waals surface area contributed by atoms with E-state index in [0.717, 1.165) is 17.7 Å². The molecule has 0 spiro atoms. The lowest BCUT2D eigenvalue weighted by atomic mass is 9.90. The number of hydrogen-bond donors (Lipinski definition) is 0. The van der Waals surface area contributed by atoms with Crippen LogP contribution < -0.4 is 0 Å². The first kappa shape index (κ1) is 23.3. The van der Waals surface area contributed by atoms with E-state index < -0.39 is 16.1 Å². The smallest absolute Gasteiger partial charge is 0.244 e. The second-order valence-corrected chi connectivity index (χ2v) is 10.7. The summed E-state index contributed by atoms with van der Waals surface area (Å²) in [5.74, 6) is 0.164. The van der Waals surface area contributed by atoms with Gasteiger partial charge in [-0.25, -0.2) is 18.4 Å². The maximum Gasteiger partial charge on any atom is 0.244 e. The Balaban J connectivity index is 1.49. The molecule has 0 aliphatic carbocycles. The van der Waals surface area contributed by atoms with Crippen molar-refractivity contribution >= 4 is 15.9 Å². The Morgan fingerprint density at radius 1 is 0.971 bits per heavy atom. The van der Waals surface area contributed by atoms with E-state index in [-0.39, 0.29) is 22.8 Å². The third-order valence-electron chi connectivity index (χ3n) is 6.77. The van der Waals surface area contributed by atoms with Crippen LogP contribution in [0.2, 0.25) is 0 Å². The van der Waals surface area contributed by atoms with Gasteiger partial charge in [0.15, 0.2) is 5.82 Å². The Bertz CT molecular complexity index is 1300. The van der Waals surface area contributed by atoms with Crippen LogP contribution in [-0.4, -0.2) is 57.1 Å². The van der Waals surface area contributed by atoms with Crippen molar-refractivity contribution in [2.45, 2.75) is 42.8 Å². The third kappa shape index (κ3) is 4.49. The number of aromatic nitrogens is 3. The lowest BCUT2D eigenvalue weighted by Gasteiger charge is -2.40. The number of pyridine rings is 1. The molecule has 0 unspecified atom stereocenters. The first-order valence-corrected chi connectivity index (χ1v) is 13.2. The minimum atomic E-state index is -3.93. The lowest BCUT2D eigenvalue weighted by Crippen LogP contribution is -2.54. The number of rotatable bonds is 6. The summed E-state index contributed by atoms with van der Waals surface area (Å²) < 4.78 is 29.4. The van der Waals surface area contributed by atoms with Gasteiger partial charge in [0.2, 0.25) is 15.9 Å². The van der Waals surface area contributed by atoms with Gasteiger partial charge >= 0.3 is 0 Å². The highest BCUT2D eigenvalue weighted by Crippen LogP contribution is 2.38. The fourth-order valence-electron chi connectivity index (χ4n) is 5.07. The molecule has 8 nitrogen and oxygen atoms in total. The van der Waals surface area contributed by atoms with Crippen LogP contribution in [0, 0.1) is 5.92 Å². The van der Waals surface area contributed by atoms with Crippen LogP contribution in [0.15, 0.2) is 84.7 Å². The molecule has 3 aromatic rings. The van der Waals surface area contributed by atoms with E-state index in [2.05, 4.69) is 21.5 Å². The van der Waals surface area contributed by atoms with E-state index >= 15 is 0 Å². The van der Waals surface area contributed by atoms with Gasteiger partial charge in [0, 0.05) is 42.7 Å². The van der Waals surface area contributed by atoms with Crippen molar-refractivity contribution in [1.29, 1.82) is 0 Å². The fourth-order valence-corrected chi connectivity index (χ4v) is 6.94. The van der Waals surface area contributed by atoms with Crippen molar-refractivity contribution in [1.82, 2.24) is 24.2 Å². The van der Waals surface area contributed by atoms with Crippen LogP contribution in [0.25, 0.3) is 11.4 Å². The van der Waals surface area contributed by atoms with Gasteiger partial charge < -0.3 is 4.90 Å². The Kier molecular flexibility index (Phi) is 6.44. The highest BCUT2D eigenvalue weighted by Gasteiger charge is 2.49. The molecule has 4 heterocycles. The van der Waals surface area contributed by atoms with Gasteiger partial charge in [0.05, 0.1) is 17.1 Å². The van der Waals surface area contributed by atoms with Crippen molar-refractivity contribution in [3.63, 3.8) is 0 Å². The molecule has 2 aromatic heterocycles. The van der Waals surface area contributed by atoms with E-state index in [4.69, 9.17) is 0 Å². The van der Waals surface area contributed by atoms with Crippen LogP contribution in [-0.2, 0) is 21.4 Å². The van der Waals surface area contributed by atoms with E-state index in [0.29, 0.717) is 31.8 Å². The Hall–Kier alpha value is -3.43. The number of nitrogens with zero attached hydrogens (tertiary/aromatic N) is 5. The number of sulfonamides is 1. The zero-order valence-corrected chi connectivity index (χ0v) is 20.1. The molecule has 35 heavy (non-hydrogen) atoms. The summed E-state index contributed by atoms with van der Waals surface area (Å²) in [5, 5.41) is 0. The molecule has 2 aliphatic heterocycles. The van der Waals surface area contributed by atoms with Crippen LogP contribution in [0.1, 0.15) is 25.0 Å². The molecule has 2 aliphatic rings. The molecule has 9 heteroatoms. The monoisotopic (exact) mass is 489 g/mol. The molecular weight excluding hydrogens is 462 g/mol. The summed E-state index contributed by atoms with van der Waals surface area (Å²) in [7, 11) is -3.93. The molecule has 3 atom stereocenters. The minimum absolute atomic E-state index is 0.155. The molecule has 1 aromatic carbocycles. The lowest BCUT2D eigenvalue weighted by molar-refractivity contribution is -0.135. The number of amides is 1. The second-order valence-electron chi connectivity index (χ2n) is 8.89. The number of carbonyl (C=O) groups is 1. The van der Waals surface area contributed by atoms with Gasteiger partial charge in [0.1, 0.15) is 6.04 Å². The predicted molar refractivity (Wildman–Crippen MR) is 131 cm³/mol. The number of piperidine rings is 1. The summed E-state index contributed by atoms with van der Waals surface area (Å²) in [6.07, 6.45) is 8.74. The third-order valence-corrected chi connectivity index (χ3v) is 8.72. The SMILES string of the molecule is C=C[C@H]1CN(Cc2ccccn2)C(=O)[C@@H]2CCC[C@H]1N2S(=O)(=O)c1ccc(-c2ncccn2)cc1. The van der Waals surface area contributed by atoms with Crippen LogP contribution in [0.3, 0.4) is 0 Å². The van der Waals surface area contributed by atoms with Gasteiger partial charge in [0.25, 0.3) is 0 Å². The standard InChI is InChI=1S/C26H27N5O3S/c1-2-19-17-30(18-21-7-3-4-14-27-21)26(32)24-9-5-8-23(19)31(24)35(33,34)22-12-10-20(11-13-22)25-28-15-6-16-29-25/h2-4,6-7,10-16,19,23-24H,1,5,8-9,17-18H2/t19-,23+,24-/m0/s1. The number of benzene rings is 1. The second kappa shape index (κ2) is 9.67. The van der Waals surface area contributed by atoms with Crippen molar-refractivity contribution < 1.29 is 13.2 Å². The van der Waals surface area contributed by atoms with E-state index in [1.165, 1.54) is 4.31 Å². The summed E-state index contributed by atoms with van der Waals surface area (Å²) in [4.78, 5) is 28.4. The molecule has 0 N–H and O–H groups in total. The normalized spacial score (nSPS) is 23.0. The van der Waals surface area contributed by atoms with Crippen LogP contribution in [0.5, 0.6) is 0 Å². The Labute approximate surface area is 205 Å². The van der Waals surface area contributed by atoms with E-state index in [1.807, 2.05) is 18.2 Å². The zero-order valence-electron chi connectivity index (χ0n) is 19.3. The molecular formula is C26H27N5O3S. The fraction of sp³-hybridized carbons (Fsp3) is 0.308. The summed E-state index contributed by atoms with van der Waals surface area (Å²) in [6, 6.07) is 12.8. The molecule has 0 radical (unpaired) electrons. The van der Waals surface area contributed by atoms with Gasteiger partial charge in [-0.1, -0.05) is 12.1 Å². The number of hydrogen-bond acceptors (Lipinski definition) is 6. The van der Waals surface area contributed by atoms with Crippen molar-refractivity contribution in [3.8, 4) is 11.4 Å². The molecule has 2 saturated heterocycles. The Morgan fingerprint density at radius 2 is 1.71 bits per heavy atom. The molecule has 0 saturated carbocycles. The summed E-state index contributed by atoms with van der Waals surface area (Å²) in [6.45, 7) is 4.74. The van der Waals surface area contributed by atoms with Crippen LogP contribution in [0.4, 0.5) is 0 Å². The minimum Gasteiger partial charge on any atom is -0.335 e. The van der Waals surface area contributed by atoms with Crippen molar-refractivity contribution in [2.75, 3.05) is 6.54 Å². The molecule has 1 amide bonds. The Morgan fingerprint density at radius 3 is 2.40 bits per heavy atom. The molecule has 2 fully saturated rings. The zero-order chi connectivity index (χ0) is 24.4. The van der Waals surface area contributed by atoms with Gasteiger partial charge in [-0.05, 0) is 61.7 Å². The van der Waals surface area contributed by atoms with Crippen molar-refractivity contribution in [2.24, 2.45) is 5.92 Å². The average molecular weight is 490 g/mol. The highest BCUT2D eigenvalue weighted by atomic mass is 32.2. The average Bonchev–Trinajstić information content (AvgIpc) is 2.97.